The van der Waals surface area contributed by atoms with E-state index in [0.29, 0.717) is 11.5 Å². The van der Waals surface area contributed by atoms with Gasteiger partial charge in [0.1, 0.15) is 23.0 Å². The van der Waals surface area contributed by atoms with Crippen LogP contribution in [0.5, 0.6) is 23.0 Å². The van der Waals surface area contributed by atoms with E-state index in [0.717, 1.165) is 92.8 Å². The van der Waals surface area contributed by atoms with E-state index in [1.807, 2.05) is 36.4 Å². The summed E-state index contributed by atoms with van der Waals surface area (Å²) in [4.78, 5) is 25.4. The predicted octanol–water partition coefficient (Wildman–Crippen LogP) is 14.1. The van der Waals surface area contributed by atoms with Gasteiger partial charge in [0, 0.05) is 59.8 Å². The molecule has 6 aromatic rings. The molecule has 2 aliphatic heterocycles. The summed E-state index contributed by atoms with van der Waals surface area (Å²) in [7, 11) is 0. The zero-order valence-corrected chi connectivity index (χ0v) is 46.2. The van der Waals surface area contributed by atoms with Gasteiger partial charge >= 0.3 is 0 Å². The molecule has 8 nitrogen and oxygen atoms in total. The van der Waals surface area contributed by atoms with Crippen LogP contribution in [0.2, 0.25) is 0 Å². The largest absolute Gasteiger partial charge is 0.507 e. The fourth-order valence-electron chi connectivity index (χ4n) is 12.8. The lowest BCUT2D eigenvalue weighted by atomic mass is 9.64. The molecule has 0 saturated heterocycles. The molecule has 4 aliphatic rings. The van der Waals surface area contributed by atoms with E-state index in [1.165, 1.54) is 11.1 Å². The average Bonchev–Trinajstić information content (AvgIpc) is 3.31. The van der Waals surface area contributed by atoms with Crippen LogP contribution in [0.25, 0.3) is 0 Å². The molecule has 2 amide bonds. The minimum absolute atomic E-state index is 0.0204. The van der Waals surface area contributed by atoms with Gasteiger partial charge in [-0.15, -0.1) is 0 Å². The maximum absolute atomic E-state index is 12.7. The second-order valence-electron chi connectivity index (χ2n) is 25.6. The number of hydrogen-bond donors (Lipinski definition) is 4. The maximum atomic E-state index is 12.7. The third-order valence-corrected chi connectivity index (χ3v) is 16.1. The van der Waals surface area contributed by atoms with Crippen LogP contribution < -0.4 is 20.1 Å². The number of carbonyl (C=O) groups is 2. The molecule has 4 N–H and O–H groups in total. The van der Waals surface area contributed by atoms with Gasteiger partial charge in [0.25, 0.3) is 0 Å². The van der Waals surface area contributed by atoms with Gasteiger partial charge in [-0.25, -0.2) is 0 Å². The Hall–Kier alpha value is -6.54. The van der Waals surface area contributed by atoms with Gasteiger partial charge in [0.05, 0.1) is 0 Å². The van der Waals surface area contributed by atoms with Gasteiger partial charge in [0.2, 0.25) is 23.3 Å². The molecule has 10 rings (SSSR count). The highest BCUT2D eigenvalue weighted by molar-refractivity contribution is 5.75. The van der Waals surface area contributed by atoms with Crippen LogP contribution in [0.15, 0.2) is 121 Å². The van der Waals surface area contributed by atoms with E-state index in [4.69, 9.17) is 9.47 Å². The number of aryl methyl sites for hydroxylation is 2. The number of carbonyl (C=O) groups excluding carboxylic acids is 2. The first kappa shape index (κ1) is 52.3. The van der Waals surface area contributed by atoms with Gasteiger partial charge in [-0.2, -0.15) is 0 Å². The SMILES string of the molecule is CC(=O)N[C@]12Oc3ccccc3[C@H](c3cc(C(C)(C)C)c(O)c(C(C)(C)C)c3)[C@H]1CCc1ccccc12.CC(=O)N[C@]12Oc3ccccc3[C@H](c3cc(C(C)(C)C)c(O)c(C(C)(C)C)c3)[C@H]1CCc1ccccc12. The summed E-state index contributed by atoms with van der Waals surface area (Å²) in [6.07, 6.45) is 3.57. The number of aromatic hydroxyl groups is 2. The van der Waals surface area contributed by atoms with Gasteiger partial charge < -0.3 is 30.3 Å². The minimum Gasteiger partial charge on any atom is -0.507 e. The highest BCUT2D eigenvalue weighted by atomic mass is 16.5. The fraction of sp³-hybridized carbons (Fsp3) is 0.424. The zero-order chi connectivity index (χ0) is 53.5. The van der Waals surface area contributed by atoms with Gasteiger partial charge in [-0.3, -0.25) is 9.59 Å². The topological polar surface area (TPSA) is 117 Å². The molecule has 6 atom stereocenters. The molecule has 0 spiro atoms. The van der Waals surface area contributed by atoms with E-state index in [2.05, 4.69) is 179 Å². The molecule has 0 saturated carbocycles. The molecule has 0 fully saturated rings. The van der Waals surface area contributed by atoms with Crippen molar-refractivity contribution in [2.24, 2.45) is 11.8 Å². The monoisotopic (exact) mass is 995 g/mol. The molecule has 6 aromatic carbocycles. The molecule has 0 bridgehead atoms. The molecule has 2 heterocycles. The van der Waals surface area contributed by atoms with E-state index < -0.39 is 11.4 Å². The molecule has 8 heteroatoms. The lowest BCUT2D eigenvalue weighted by molar-refractivity contribution is -0.133. The number of fused-ring (bicyclic) bond motifs is 8. The van der Waals surface area contributed by atoms with Crippen LogP contribution in [0.3, 0.4) is 0 Å². The fourth-order valence-corrected chi connectivity index (χ4v) is 12.8. The molecular weight excluding hydrogens is 917 g/mol. The van der Waals surface area contributed by atoms with E-state index in [-0.39, 0.29) is 57.1 Å². The van der Waals surface area contributed by atoms with E-state index in [1.54, 1.807) is 13.8 Å². The number of para-hydroxylation sites is 2. The van der Waals surface area contributed by atoms with Crippen LogP contribution >= 0.6 is 0 Å². The van der Waals surface area contributed by atoms with Crippen molar-refractivity contribution < 1.29 is 29.3 Å². The summed E-state index contributed by atoms with van der Waals surface area (Å²) in [6, 6.07) is 41.8. The standard InChI is InChI=1S/2C33H39NO3/c2*1-20(35)34-33-24-14-10-8-12-21(24)16-17-25(33)29(23-13-9-11-15-28(23)37-33)22-18-26(31(2,3)4)30(36)27(19-22)32(5,6)7/h2*8-15,18-19,25,29,36H,16-17H2,1-7H3,(H,34,35)/t2*25-,29+,33-/m11/s1. The van der Waals surface area contributed by atoms with Crippen LogP contribution in [0.4, 0.5) is 0 Å². The normalized spacial score (nSPS) is 22.8. The van der Waals surface area contributed by atoms with Crippen molar-refractivity contribution in [1.82, 2.24) is 10.6 Å². The summed E-state index contributed by atoms with van der Waals surface area (Å²) in [5, 5.41) is 29.4. The zero-order valence-electron chi connectivity index (χ0n) is 46.2. The average molecular weight is 995 g/mol. The highest BCUT2D eigenvalue weighted by Gasteiger charge is 2.56. The van der Waals surface area contributed by atoms with Crippen molar-refractivity contribution in [2.75, 3.05) is 0 Å². The summed E-state index contributed by atoms with van der Waals surface area (Å²) in [5.41, 5.74) is 9.93. The predicted molar refractivity (Wildman–Crippen MR) is 296 cm³/mol. The van der Waals surface area contributed by atoms with E-state index in [9.17, 15) is 19.8 Å². The third kappa shape index (κ3) is 9.25. The van der Waals surface area contributed by atoms with Crippen molar-refractivity contribution in [2.45, 2.75) is 168 Å². The number of phenolic OH excluding ortho intramolecular Hbond substituents is 2. The van der Waals surface area contributed by atoms with Gasteiger partial charge in [-0.05, 0) is 104 Å². The Morgan fingerprint density at radius 1 is 0.473 bits per heavy atom. The first-order chi connectivity index (χ1) is 34.7. The second kappa shape index (κ2) is 18.7. The van der Waals surface area contributed by atoms with Crippen LogP contribution in [0, 0.1) is 11.8 Å². The number of phenols is 2. The Kier molecular flexibility index (Phi) is 13.2. The molecule has 2 aliphatic carbocycles. The Morgan fingerprint density at radius 3 is 1.08 bits per heavy atom. The van der Waals surface area contributed by atoms with Crippen LogP contribution in [-0.4, -0.2) is 22.0 Å². The van der Waals surface area contributed by atoms with Gasteiger partial charge in [-0.1, -0.05) is 192 Å². The van der Waals surface area contributed by atoms with Crippen molar-refractivity contribution in [3.05, 3.63) is 188 Å². The molecule has 74 heavy (non-hydrogen) atoms. The summed E-state index contributed by atoms with van der Waals surface area (Å²) in [5.74, 6) is 2.03. The van der Waals surface area contributed by atoms with Gasteiger partial charge in [0.15, 0.2) is 0 Å². The van der Waals surface area contributed by atoms with Crippen molar-refractivity contribution in [3.8, 4) is 23.0 Å². The lowest BCUT2D eigenvalue weighted by Gasteiger charge is -2.52. The van der Waals surface area contributed by atoms with Crippen molar-refractivity contribution in [3.63, 3.8) is 0 Å². The number of rotatable bonds is 4. The summed E-state index contributed by atoms with van der Waals surface area (Å²) >= 11 is 0. The Balaban J connectivity index is 0.000000182. The smallest absolute Gasteiger partial charge is 0.220 e. The van der Waals surface area contributed by atoms with Crippen LogP contribution in [-0.2, 0) is 55.5 Å². The highest BCUT2D eigenvalue weighted by Crippen LogP contribution is 2.59. The number of amides is 2. The molecular formula is C66H78N2O6. The molecule has 0 aromatic heterocycles. The van der Waals surface area contributed by atoms with E-state index >= 15 is 0 Å². The molecule has 0 radical (unpaired) electrons. The number of benzene rings is 6. The first-order valence-electron chi connectivity index (χ1n) is 26.7. The second-order valence-corrected chi connectivity index (χ2v) is 25.6. The van der Waals surface area contributed by atoms with Crippen molar-refractivity contribution >= 4 is 11.8 Å². The van der Waals surface area contributed by atoms with Crippen molar-refractivity contribution in [1.29, 1.82) is 0 Å². The minimum atomic E-state index is -0.971. The first-order valence-corrected chi connectivity index (χ1v) is 26.7. The quantitative estimate of drug-likeness (QED) is 0.140. The third-order valence-electron chi connectivity index (χ3n) is 16.1. The number of ether oxygens (including phenoxy) is 2. The molecule has 0 unspecified atom stereocenters. The Bertz CT molecular complexity index is 2860. The molecule has 388 valence electrons. The Labute approximate surface area is 440 Å². The lowest BCUT2D eigenvalue weighted by Crippen LogP contribution is -2.60. The summed E-state index contributed by atoms with van der Waals surface area (Å²) in [6.45, 7) is 28.9. The number of hydrogen-bond acceptors (Lipinski definition) is 6. The number of nitrogens with one attached hydrogen (secondary N) is 2. The Morgan fingerprint density at radius 2 is 0.770 bits per heavy atom. The summed E-state index contributed by atoms with van der Waals surface area (Å²) < 4.78 is 13.7. The van der Waals surface area contributed by atoms with Crippen LogP contribution in [0.1, 0.15) is 188 Å². The maximum Gasteiger partial charge on any atom is 0.220 e.